The lowest BCUT2D eigenvalue weighted by Crippen LogP contribution is -2.02. The highest BCUT2D eigenvalue weighted by Gasteiger charge is 2.07. The fourth-order valence-electron chi connectivity index (χ4n) is 1.65. The summed E-state index contributed by atoms with van der Waals surface area (Å²) in [5.74, 6) is -0.474. The molecule has 1 heterocycles. The molecule has 0 saturated carbocycles. The summed E-state index contributed by atoms with van der Waals surface area (Å²) in [6.07, 6.45) is 1.75. The molecule has 0 atom stereocenters. The van der Waals surface area contributed by atoms with Gasteiger partial charge in [-0.05, 0) is 18.2 Å². The number of carbonyl (C=O) groups is 1. The average Bonchev–Trinajstić information content (AvgIpc) is 2.45. The SMILES string of the molecule is O=C(O)CCc1nccc(-c2ccc([N+](=O)[O-])cc2)n1. The van der Waals surface area contributed by atoms with Gasteiger partial charge in [-0.1, -0.05) is 0 Å². The summed E-state index contributed by atoms with van der Waals surface area (Å²) in [5.41, 5.74) is 1.33. The monoisotopic (exact) mass is 273 g/mol. The molecule has 2 rings (SSSR count). The number of rotatable bonds is 5. The number of hydrogen-bond acceptors (Lipinski definition) is 5. The van der Waals surface area contributed by atoms with Crippen molar-refractivity contribution in [3.63, 3.8) is 0 Å². The predicted octanol–water partition coefficient (Wildman–Crippen LogP) is 2.07. The number of hydrogen-bond donors (Lipinski definition) is 1. The molecular weight excluding hydrogens is 262 g/mol. The molecule has 0 amide bonds. The van der Waals surface area contributed by atoms with Gasteiger partial charge in [0.15, 0.2) is 0 Å². The van der Waals surface area contributed by atoms with Crippen molar-refractivity contribution < 1.29 is 14.8 Å². The van der Waals surface area contributed by atoms with Gasteiger partial charge >= 0.3 is 5.97 Å². The molecule has 7 nitrogen and oxygen atoms in total. The number of benzene rings is 1. The highest BCUT2D eigenvalue weighted by atomic mass is 16.6. The number of aryl methyl sites for hydroxylation is 1. The maximum atomic E-state index is 10.6. The second-order valence-corrected chi connectivity index (χ2v) is 4.06. The number of non-ortho nitro benzene ring substituents is 1. The summed E-state index contributed by atoms with van der Waals surface area (Å²) in [4.78, 5) is 28.9. The maximum Gasteiger partial charge on any atom is 0.303 e. The highest BCUT2D eigenvalue weighted by molar-refractivity contribution is 5.67. The van der Waals surface area contributed by atoms with E-state index >= 15 is 0 Å². The number of aliphatic carboxylic acids is 1. The zero-order valence-electron chi connectivity index (χ0n) is 10.4. The Balaban J connectivity index is 2.21. The van der Waals surface area contributed by atoms with E-state index in [1.54, 1.807) is 24.4 Å². The lowest BCUT2D eigenvalue weighted by molar-refractivity contribution is -0.384. The molecule has 0 aliphatic heterocycles. The van der Waals surface area contributed by atoms with Crippen LogP contribution in [0.5, 0.6) is 0 Å². The predicted molar refractivity (Wildman–Crippen MR) is 70.1 cm³/mol. The second kappa shape index (κ2) is 5.87. The zero-order chi connectivity index (χ0) is 14.5. The number of aromatic nitrogens is 2. The Morgan fingerprint density at radius 3 is 2.55 bits per heavy atom. The Kier molecular flexibility index (Phi) is 3.99. The van der Waals surface area contributed by atoms with Crippen molar-refractivity contribution in [2.75, 3.05) is 0 Å². The van der Waals surface area contributed by atoms with Crippen LogP contribution in [-0.4, -0.2) is 26.0 Å². The largest absolute Gasteiger partial charge is 0.481 e. The van der Waals surface area contributed by atoms with E-state index in [-0.39, 0.29) is 18.5 Å². The van der Waals surface area contributed by atoms with Crippen molar-refractivity contribution in [2.45, 2.75) is 12.8 Å². The van der Waals surface area contributed by atoms with Gasteiger partial charge in [0.25, 0.3) is 5.69 Å². The second-order valence-electron chi connectivity index (χ2n) is 4.06. The molecule has 102 valence electrons. The topological polar surface area (TPSA) is 106 Å². The van der Waals surface area contributed by atoms with E-state index in [2.05, 4.69) is 9.97 Å². The maximum absolute atomic E-state index is 10.6. The Labute approximate surface area is 114 Å². The number of nitro benzene ring substituents is 1. The molecule has 2 aromatic rings. The van der Waals surface area contributed by atoms with Crippen molar-refractivity contribution in [2.24, 2.45) is 0 Å². The minimum absolute atomic E-state index is 0.00825. The number of carboxylic acids is 1. The van der Waals surface area contributed by atoms with Crippen molar-refractivity contribution >= 4 is 11.7 Å². The molecule has 20 heavy (non-hydrogen) atoms. The van der Waals surface area contributed by atoms with Gasteiger partial charge in [0.1, 0.15) is 5.82 Å². The van der Waals surface area contributed by atoms with E-state index in [1.165, 1.54) is 12.1 Å². The fourth-order valence-corrected chi connectivity index (χ4v) is 1.65. The van der Waals surface area contributed by atoms with E-state index in [1.807, 2.05) is 0 Å². The molecular formula is C13H11N3O4. The van der Waals surface area contributed by atoms with E-state index in [9.17, 15) is 14.9 Å². The lowest BCUT2D eigenvalue weighted by atomic mass is 10.1. The molecule has 0 unspecified atom stereocenters. The van der Waals surface area contributed by atoms with Crippen LogP contribution in [0.15, 0.2) is 36.5 Å². The van der Waals surface area contributed by atoms with Crippen LogP contribution in [0.25, 0.3) is 11.3 Å². The smallest absolute Gasteiger partial charge is 0.303 e. The number of carboxylic acid groups (broad SMARTS) is 1. The normalized spacial score (nSPS) is 10.2. The average molecular weight is 273 g/mol. The van der Waals surface area contributed by atoms with Crippen LogP contribution in [0.3, 0.4) is 0 Å². The molecule has 7 heteroatoms. The first kappa shape index (κ1) is 13.6. The summed E-state index contributed by atoms with van der Waals surface area (Å²) in [5, 5.41) is 19.2. The molecule has 0 aliphatic rings. The summed E-state index contributed by atoms with van der Waals surface area (Å²) in [7, 11) is 0. The van der Waals surface area contributed by atoms with Gasteiger partial charge in [-0.15, -0.1) is 0 Å². The van der Waals surface area contributed by atoms with Gasteiger partial charge in [-0.2, -0.15) is 0 Å². The van der Waals surface area contributed by atoms with E-state index in [4.69, 9.17) is 5.11 Å². The summed E-state index contributed by atoms with van der Waals surface area (Å²) in [6, 6.07) is 7.66. The third-order valence-electron chi connectivity index (χ3n) is 2.64. The molecule has 1 aromatic carbocycles. The van der Waals surface area contributed by atoms with Crippen LogP contribution in [-0.2, 0) is 11.2 Å². The van der Waals surface area contributed by atoms with E-state index < -0.39 is 10.9 Å². The third-order valence-corrected chi connectivity index (χ3v) is 2.64. The Morgan fingerprint density at radius 2 is 1.95 bits per heavy atom. The first-order chi connectivity index (χ1) is 9.56. The summed E-state index contributed by atoms with van der Waals surface area (Å²) < 4.78 is 0. The fraction of sp³-hybridized carbons (Fsp3) is 0.154. The zero-order valence-corrected chi connectivity index (χ0v) is 10.4. The molecule has 1 aromatic heterocycles. The van der Waals surface area contributed by atoms with Gasteiger partial charge in [-0.3, -0.25) is 14.9 Å². The minimum Gasteiger partial charge on any atom is -0.481 e. The molecule has 0 aliphatic carbocycles. The van der Waals surface area contributed by atoms with E-state index in [0.717, 1.165) is 5.56 Å². The first-order valence-corrected chi connectivity index (χ1v) is 5.85. The minimum atomic E-state index is -0.908. The highest BCUT2D eigenvalue weighted by Crippen LogP contribution is 2.20. The lowest BCUT2D eigenvalue weighted by Gasteiger charge is -2.03. The van der Waals surface area contributed by atoms with Crippen LogP contribution in [0, 0.1) is 10.1 Å². The van der Waals surface area contributed by atoms with Gasteiger partial charge in [0, 0.05) is 30.3 Å². The molecule has 0 spiro atoms. The van der Waals surface area contributed by atoms with Crippen molar-refractivity contribution in [3.8, 4) is 11.3 Å². The summed E-state index contributed by atoms with van der Waals surface area (Å²) >= 11 is 0. The van der Waals surface area contributed by atoms with Crippen LogP contribution < -0.4 is 0 Å². The van der Waals surface area contributed by atoms with Crippen LogP contribution in [0.4, 0.5) is 5.69 Å². The standard InChI is InChI=1S/C13H11N3O4/c17-13(18)6-5-12-14-8-7-11(15-12)9-1-3-10(4-2-9)16(19)20/h1-4,7-8H,5-6H2,(H,17,18). The van der Waals surface area contributed by atoms with Gasteiger partial charge in [0.05, 0.1) is 17.0 Å². The molecule has 0 bridgehead atoms. The van der Waals surface area contributed by atoms with Crippen molar-refractivity contribution in [1.82, 2.24) is 9.97 Å². The summed E-state index contributed by atoms with van der Waals surface area (Å²) in [6.45, 7) is 0. The van der Waals surface area contributed by atoms with Gasteiger partial charge in [0.2, 0.25) is 0 Å². The number of nitrogens with zero attached hydrogens (tertiary/aromatic N) is 3. The van der Waals surface area contributed by atoms with Crippen LogP contribution in [0.2, 0.25) is 0 Å². The Bertz CT molecular complexity index is 640. The molecule has 0 saturated heterocycles. The first-order valence-electron chi connectivity index (χ1n) is 5.85. The quantitative estimate of drug-likeness (QED) is 0.660. The molecule has 0 fully saturated rings. The Hall–Kier alpha value is -2.83. The van der Waals surface area contributed by atoms with Gasteiger partial charge in [-0.25, -0.2) is 9.97 Å². The van der Waals surface area contributed by atoms with Crippen molar-refractivity contribution in [1.29, 1.82) is 0 Å². The van der Waals surface area contributed by atoms with Crippen LogP contribution in [0.1, 0.15) is 12.2 Å². The van der Waals surface area contributed by atoms with E-state index in [0.29, 0.717) is 11.5 Å². The van der Waals surface area contributed by atoms with Crippen molar-refractivity contribution in [3.05, 3.63) is 52.5 Å². The van der Waals surface area contributed by atoms with Crippen LogP contribution >= 0.6 is 0 Å². The Morgan fingerprint density at radius 1 is 1.25 bits per heavy atom. The number of nitro groups is 1. The third kappa shape index (κ3) is 3.35. The van der Waals surface area contributed by atoms with Gasteiger partial charge < -0.3 is 5.11 Å². The molecule has 1 N–H and O–H groups in total. The molecule has 0 radical (unpaired) electrons.